The van der Waals surface area contributed by atoms with Gasteiger partial charge in [0.15, 0.2) is 0 Å². The van der Waals surface area contributed by atoms with E-state index in [0.29, 0.717) is 23.5 Å². The van der Waals surface area contributed by atoms with Crippen LogP contribution in [0.3, 0.4) is 0 Å². The molecule has 1 aliphatic rings. The zero-order valence-corrected chi connectivity index (χ0v) is 18.6. The van der Waals surface area contributed by atoms with E-state index in [2.05, 4.69) is 6.92 Å². The number of rotatable bonds is 8. The highest BCUT2D eigenvalue weighted by Crippen LogP contribution is 2.29. The van der Waals surface area contributed by atoms with Crippen molar-refractivity contribution in [3.63, 3.8) is 0 Å². The summed E-state index contributed by atoms with van der Waals surface area (Å²) >= 11 is 0. The molecule has 0 fully saturated rings. The summed E-state index contributed by atoms with van der Waals surface area (Å²) in [5, 5.41) is 9.57. The summed E-state index contributed by atoms with van der Waals surface area (Å²) < 4.78 is 10.8. The number of hydrogen-bond donors (Lipinski definition) is 0. The molecule has 0 bridgehead atoms. The molecule has 0 saturated carbocycles. The van der Waals surface area contributed by atoms with E-state index >= 15 is 0 Å². The van der Waals surface area contributed by atoms with Gasteiger partial charge >= 0.3 is 0 Å². The predicted molar refractivity (Wildman–Crippen MR) is 122 cm³/mol. The number of imide groups is 1. The first-order valence-corrected chi connectivity index (χ1v) is 10.5. The van der Waals surface area contributed by atoms with Gasteiger partial charge in [0.25, 0.3) is 11.8 Å². The number of methoxy groups -OCH3 is 1. The Morgan fingerprint density at radius 1 is 1.00 bits per heavy atom. The lowest BCUT2D eigenvalue weighted by molar-refractivity contribution is -0.141. The fraction of sp³-hybridized carbons (Fsp3) is 0.269. The van der Waals surface area contributed by atoms with Crippen LogP contribution in [0, 0.1) is 11.3 Å². The monoisotopic (exact) mass is 430 g/mol. The number of carbonyl (C=O) groups is 2. The summed E-state index contributed by atoms with van der Waals surface area (Å²) in [6.07, 6.45) is 3.75. The third-order valence-electron chi connectivity index (χ3n) is 5.28. The van der Waals surface area contributed by atoms with Gasteiger partial charge in [-0.2, -0.15) is 5.26 Å². The highest BCUT2D eigenvalue weighted by Gasteiger charge is 2.35. The molecule has 3 rings (SSSR count). The maximum absolute atomic E-state index is 13.2. The van der Waals surface area contributed by atoms with Crippen molar-refractivity contribution >= 4 is 17.9 Å². The number of nitriles is 1. The van der Waals surface area contributed by atoms with Gasteiger partial charge in [0, 0.05) is 5.57 Å². The number of unbranched alkanes of at least 4 members (excludes halogenated alkanes) is 1. The first-order valence-electron chi connectivity index (χ1n) is 10.5. The van der Waals surface area contributed by atoms with Crippen LogP contribution >= 0.6 is 0 Å². The van der Waals surface area contributed by atoms with Gasteiger partial charge in [-0.05, 0) is 60.4 Å². The van der Waals surface area contributed by atoms with Gasteiger partial charge in [0.05, 0.1) is 20.3 Å². The summed E-state index contributed by atoms with van der Waals surface area (Å²) in [5.41, 5.74) is 2.23. The third kappa shape index (κ3) is 5.06. The second-order valence-corrected chi connectivity index (χ2v) is 7.49. The van der Waals surface area contributed by atoms with Crippen molar-refractivity contribution in [3.8, 4) is 17.6 Å². The molecule has 6 heteroatoms. The average molecular weight is 431 g/mol. The van der Waals surface area contributed by atoms with E-state index in [0.717, 1.165) is 34.6 Å². The molecule has 2 aromatic rings. The molecule has 6 nitrogen and oxygen atoms in total. The Labute approximate surface area is 188 Å². The van der Waals surface area contributed by atoms with Crippen molar-refractivity contribution in [2.24, 2.45) is 0 Å². The predicted octanol–water partition coefficient (Wildman–Crippen LogP) is 4.67. The largest absolute Gasteiger partial charge is 0.497 e. The van der Waals surface area contributed by atoms with E-state index in [1.54, 1.807) is 44.4 Å². The lowest BCUT2D eigenvalue weighted by Crippen LogP contribution is -2.42. The zero-order chi connectivity index (χ0) is 23.1. The van der Waals surface area contributed by atoms with Crippen LogP contribution in [0.15, 0.2) is 65.3 Å². The molecule has 0 spiro atoms. The maximum Gasteiger partial charge on any atom is 0.271 e. The summed E-state index contributed by atoms with van der Waals surface area (Å²) in [4.78, 5) is 27.2. The molecule has 0 radical (unpaired) electrons. The van der Waals surface area contributed by atoms with Gasteiger partial charge in [-0.25, -0.2) is 0 Å². The Kier molecular flexibility index (Phi) is 7.45. The second kappa shape index (κ2) is 10.5. The van der Waals surface area contributed by atoms with E-state index in [9.17, 15) is 14.9 Å². The highest BCUT2D eigenvalue weighted by atomic mass is 16.5. The maximum atomic E-state index is 13.2. The Morgan fingerprint density at radius 3 is 2.25 bits per heavy atom. The van der Waals surface area contributed by atoms with Gasteiger partial charge in [0.2, 0.25) is 0 Å². The number of amides is 2. The molecular formula is C26H26N2O4. The lowest BCUT2D eigenvalue weighted by Gasteiger charge is -2.27. The minimum Gasteiger partial charge on any atom is -0.497 e. The molecule has 2 aromatic carbocycles. The topological polar surface area (TPSA) is 79.6 Å². The van der Waals surface area contributed by atoms with Gasteiger partial charge in [0.1, 0.15) is 23.1 Å². The first kappa shape index (κ1) is 22.8. The van der Waals surface area contributed by atoms with Crippen LogP contribution in [0.25, 0.3) is 6.08 Å². The standard InChI is InChI=1S/C26H26N2O4/c1-4-5-14-32-22-12-6-19(7-13-22)15-23-18(2)24(16-27)26(30)28(25(23)29)17-20-8-10-21(31-3)11-9-20/h6-13,15H,4-5,14,17H2,1-3H3/b23-15+. The Balaban J connectivity index is 1.88. The molecule has 2 amide bonds. The molecule has 32 heavy (non-hydrogen) atoms. The van der Waals surface area contributed by atoms with Crippen molar-refractivity contribution in [1.29, 1.82) is 5.26 Å². The summed E-state index contributed by atoms with van der Waals surface area (Å²) in [7, 11) is 1.57. The minimum atomic E-state index is -0.581. The zero-order valence-electron chi connectivity index (χ0n) is 18.6. The number of nitrogens with zero attached hydrogens (tertiary/aromatic N) is 2. The normalized spacial score (nSPS) is 15.2. The lowest BCUT2D eigenvalue weighted by atomic mass is 9.93. The Morgan fingerprint density at radius 2 is 1.66 bits per heavy atom. The average Bonchev–Trinajstić information content (AvgIpc) is 2.81. The Hall–Kier alpha value is -3.85. The van der Waals surface area contributed by atoms with Gasteiger partial charge in [-0.3, -0.25) is 14.5 Å². The van der Waals surface area contributed by atoms with E-state index < -0.39 is 11.8 Å². The summed E-state index contributed by atoms with van der Waals surface area (Å²) in [5.74, 6) is 0.436. The van der Waals surface area contributed by atoms with Crippen LogP contribution in [0.4, 0.5) is 0 Å². The fourth-order valence-corrected chi connectivity index (χ4v) is 3.35. The molecule has 0 unspecified atom stereocenters. The van der Waals surface area contributed by atoms with E-state index in [4.69, 9.17) is 9.47 Å². The number of carbonyl (C=O) groups excluding carboxylic acids is 2. The molecule has 0 aromatic heterocycles. The van der Waals surface area contributed by atoms with Crippen molar-refractivity contribution in [1.82, 2.24) is 4.90 Å². The van der Waals surface area contributed by atoms with E-state index in [1.165, 1.54) is 0 Å². The SMILES string of the molecule is CCCCOc1ccc(/C=C2/C(=O)N(Cc3ccc(OC)cc3)C(=O)C(C#N)=C2C)cc1. The van der Waals surface area contributed by atoms with Gasteiger partial charge in [-0.1, -0.05) is 37.6 Å². The summed E-state index contributed by atoms with van der Waals surface area (Å²) in [6, 6.07) is 16.5. The summed E-state index contributed by atoms with van der Waals surface area (Å²) in [6.45, 7) is 4.47. The molecule has 1 aliphatic heterocycles. The van der Waals surface area contributed by atoms with Crippen LogP contribution in [0.5, 0.6) is 11.5 Å². The van der Waals surface area contributed by atoms with Crippen molar-refractivity contribution < 1.29 is 19.1 Å². The highest BCUT2D eigenvalue weighted by molar-refractivity contribution is 6.19. The third-order valence-corrected chi connectivity index (χ3v) is 5.28. The minimum absolute atomic E-state index is 0.0242. The van der Waals surface area contributed by atoms with Gasteiger partial charge in [-0.15, -0.1) is 0 Å². The number of benzene rings is 2. The van der Waals surface area contributed by atoms with Crippen molar-refractivity contribution in [2.75, 3.05) is 13.7 Å². The fourth-order valence-electron chi connectivity index (χ4n) is 3.35. The quantitative estimate of drug-likeness (QED) is 0.346. The van der Waals surface area contributed by atoms with E-state index in [-0.39, 0.29) is 12.1 Å². The molecule has 0 N–H and O–H groups in total. The number of ether oxygens (including phenoxy) is 2. The van der Waals surface area contributed by atoms with Crippen molar-refractivity contribution in [2.45, 2.75) is 33.2 Å². The molecule has 0 aliphatic carbocycles. The van der Waals surface area contributed by atoms with E-state index in [1.807, 2.05) is 30.3 Å². The smallest absolute Gasteiger partial charge is 0.271 e. The van der Waals surface area contributed by atoms with Crippen molar-refractivity contribution in [3.05, 3.63) is 76.4 Å². The molecule has 164 valence electrons. The van der Waals surface area contributed by atoms with Crippen LogP contribution < -0.4 is 9.47 Å². The molecule has 0 saturated heterocycles. The van der Waals surface area contributed by atoms with Crippen LogP contribution in [0.2, 0.25) is 0 Å². The van der Waals surface area contributed by atoms with Gasteiger partial charge < -0.3 is 9.47 Å². The molecule has 0 atom stereocenters. The van der Waals surface area contributed by atoms with Crippen LogP contribution in [-0.2, 0) is 16.1 Å². The van der Waals surface area contributed by atoms with Crippen LogP contribution in [-0.4, -0.2) is 30.4 Å². The first-order chi connectivity index (χ1) is 15.5. The number of hydrogen-bond acceptors (Lipinski definition) is 5. The molecule has 1 heterocycles. The van der Waals surface area contributed by atoms with Crippen LogP contribution in [0.1, 0.15) is 37.8 Å². The second-order valence-electron chi connectivity index (χ2n) is 7.49. The molecular weight excluding hydrogens is 404 g/mol. The Bertz CT molecular complexity index is 1090.